The lowest BCUT2D eigenvalue weighted by molar-refractivity contribution is 0.755. The van der Waals surface area contributed by atoms with Crippen molar-refractivity contribution >= 4 is 50.5 Å². The largest absolute Gasteiger partial charge is 0.340 e. The number of para-hydroxylation sites is 1. The molecular weight excluding hydrogens is 629 g/mol. The van der Waals surface area contributed by atoms with Crippen LogP contribution < -0.4 is 0 Å². The Morgan fingerprint density at radius 1 is 0.942 bits per heavy atom. The van der Waals surface area contributed by atoms with Crippen molar-refractivity contribution < 1.29 is 0 Å². The van der Waals surface area contributed by atoms with Crippen molar-refractivity contribution in [1.82, 2.24) is 4.57 Å². The highest BCUT2D eigenvalue weighted by Crippen LogP contribution is 2.42. The van der Waals surface area contributed by atoms with Crippen LogP contribution in [0.5, 0.6) is 0 Å². The van der Waals surface area contributed by atoms with Crippen LogP contribution in [0.2, 0.25) is 0 Å². The van der Waals surface area contributed by atoms with Crippen LogP contribution in [0.25, 0.3) is 44.6 Å². The minimum absolute atomic E-state index is 0.286. The first kappa shape index (κ1) is 35.2. The van der Waals surface area contributed by atoms with E-state index in [-0.39, 0.29) is 5.92 Å². The van der Waals surface area contributed by atoms with Crippen molar-refractivity contribution in [1.29, 1.82) is 0 Å². The van der Waals surface area contributed by atoms with Crippen LogP contribution in [-0.2, 0) is 13.0 Å². The molecule has 0 spiro atoms. The van der Waals surface area contributed by atoms with Gasteiger partial charge in [-0.3, -0.25) is 0 Å². The number of fused-ring (bicyclic) bond motifs is 4. The summed E-state index contributed by atoms with van der Waals surface area (Å²) in [6, 6.07) is 27.3. The van der Waals surface area contributed by atoms with E-state index in [9.17, 15) is 0 Å². The summed E-state index contributed by atoms with van der Waals surface area (Å²) >= 11 is 0. The Kier molecular flexibility index (Phi) is 10.3. The molecule has 2 heterocycles. The lowest BCUT2D eigenvalue weighted by Crippen LogP contribution is -2.07. The third-order valence-corrected chi connectivity index (χ3v) is 11.4. The maximum atomic E-state index is 4.95. The average Bonchev–Trinajstić information content (AvgIpc) is 3.75. The number of hydrogen-bond donors (Lipinski definition) is 0. The second-order valence-corrected chi connectivity index (χ2v) is 14.6. The summed E-state index contributed by atoms with van der Waals surface area (Å²) in [7, 11) is 0. The molecular formula is C50H52N2. The Labute approximate surface area is 311 Å². The van der Waals surface area contributed by atoms with Crippen molar-refractivity contribution in [3.8, 4) is 0 Å². The second kappa shape index (κ2) is 15.2. The molecule has 0 N–H and O–H groups in total. The second-order valence-electron chi connectivity index (χ2n) is 14.6. The number of allylic oxidation sites excluding steroid dienone is 9. The highest BCUT2D eigenvalue weighted by molar-refractivity contribution is 6.10. The molecule has 0 amide bonds. The maximum Gasteiger partial charge on any atom is 0.0843 e. The summed E-state index contributed by atoms with van der Waals surface area (Å²) in [5.74, 6) is 3.57. The Bertz CT molecular complexity index is 2410. The zero-order valence-electron chi connectivity index (χ0n) is 32.1. The molecule has 4 aromatic carbocycles. The maximum absolute atomic E-state index is 4.95. The van der Waals surface area contributed by atoms with Gasteiger partial charge in [-0.25, -0.2) is 4.99 Å². The first-order valence-electron chi connectivity index (χ1n) is 19.3. The number of rotatable bonds is 11. The molecule has 52 heavy (non-hydrogen) atoms. The molecule has 7 rings (SSSR count). The predicted molar refractivity (Wildman–Crippen MR) is 227 cm³/mol. The van der Waals surface area contributed by atoms with E-state index in [1.807, 2.05) is 0 Å². The standard InChI is InChI=1S/C50H52N2/c1-8-11-18-29-52-48-24-17-16-23-44(48)45-26-25-43(36(7)50(45)52)41(10-3)49-39(27-28-51-49)30-34(5)46-31-37-20-13-14-21-38(37)32-47(46)40(9-2)35(6)42-22-15-12-19-33(42)4/h8,10-13,15-17,19-20,22-27,31-32,34H,9,14,18,21,29-30H2,1-7H3/b11-8-,40-35+,41-10+. The first-order valence-corrected chi connectivity index (χ1v) is 19.3. The highest BCUT2D eigenvalue weighted by Gasteiger charge is 2.24. The number of aliphatic imine (C=N–C) groups is 1. The highest BCUT2D eigenvalue weighted by atomic mass is 15.0. The van der Waals surface area contributed by atoms with Gasteiger partial charge in [-0.05, 0) is 146 Å². The quantitative estimate of drug-likeness (QED) is 0.0976. The lowest BCUT2D eigenvalue weighted by Gasteiger charge is -2.24. The molecule has 0 bridgehead atoms. The van der Waals surface area contributed by atoms with Gasteiger partial charge in [0.05, 0.1) is 11.2 Å². The zero-order valence-corrected chi connectivity index (χ0v) is 32.1. The summed E-state index contributed by atoms with van der Waals surface area (Å²) in [5.41, 5.74) is 19.8. The number of hydrogen-bond acceptors (Lipinski definition) is 1. The first-order chi connectivity index (χ1) is 25.4. The number of benzene rings is 4. The Hall–Kier alpha value is -5.17. The van der Waals surface area contributed by atoms with Gasteiger partial charge in [0.2, 0.25) is 0 Å². The smallest absolute Gasteiger partial charge is 0.0843 e. The van der Waals surface area contributed by atoms with Crippen molar-refractivity contribution in [2.45, 2.75) is 93.0 Å². The molecule has 0 fully saturated rings. The van der Waals surface area contributed by atoms with E-state index in [0.717, 1.165) is 44.3 Å². The van der Waals surface area contributed by atoms with Gasteiger partial charge in [0.15, 0.2) is 0 Å². The van der Waals surface area contributed by atoms with E-state index < -0.39 is 0 Å². The van der Waals surface area contributed by atoms with E-state index in [4.69, 9.17) is 4.99 Å². The molecule has 1 aliphatic carbocycles. The van der Waals surface area contributed by atoms with Gasteiger partial charge in [0.25, 0.3) is 0 Å². The lowest BCUT2D eigenvalue weighted by atomic mass is 9.80. The fourth-order valence-corrected chi connectivity index (χ4v) is 8.76. The van der Waals surface area contributed by atoms with Crippen LogP contribution >= 0.6 is 0 Å². The molecule has 2 heteroatoms. The molecule has 0 saturated heterocycles. The monoisotopic (exact) mass is 680 g/mol. The fourth-order valence-electron chi connectivity index (χ4n) is 8.76. The number of aromatic nitrogens is 1. The van der Waals surface area contributed by atoms with E-state index >= 15 is 0 Å². The van der Waals surface area contributed by atoms with Crippen molar-refractivity contribution in [3.05, 3.63) is 159 Å². The van der Waals surface area contributed by atoms with Crippen LogP contribution in [0, 0.1) is 13.8 Å². The number of aryl methyl sites for hydroxylation is 4. The van der Waals surface area contributed by atoms with E-state index in [1.165, 1.54) is 88.6 Å². The third-order valence-electron chi connectivity index (χ3n) is 11.4. The van der Waals surface area contributed by atoms with Crippen molar-refractivity contribution in [3.63, 3.8) is 0 Å². The van der Waals surface area contributed by atoms with Crippen LogP contribution in [-0.4, -0.2) is 10.4 Å². The Balaban J connectivity index is 1.31. The van der Waals surface area contributed by atoms with Crippen LogP contribution in [0.3, 0.4) is 0 Å². The molecule has 5 aromatic rings. The molecule has 262 valence electrons. The minimum atomic E-state index is 0.286. The minimum Gasteiger partial charge on any atom is -0.340 e. The van der Waals surface area contributed by atoms with Gasteiger partial charge >= 0.3 is 0 Å². The summed E-state index contributed by atoms with van der Waals surface area (Å²) in [4.78, 5) is 4.95. The van der Waals surface area contributed by atoms with Gasteiger partial charge in [-0.2, -0.15) is 0 Å². The molecule has 2 aliphatic rings. The van der Waals surface area contributed by atoms with Crippen LogP contribution in [0.4, 0.5) is 0 Å². The molecule has 0 saturated carbocycles. The molecule has 1 aliphatic heterocycles. The molecule has 0 radical (unpaired) electrons. The van der Waals surface area contributed by atoms with Crippen molar-refractivity contribution in [2.24, 2.45) is 4.99 Å². The molecule has 1 aromatic heterocycles. The average molecular weight is 681 g/mol. The summed E-state index contributed by atoms with van der Waals surface area (Å²) in [6.07, 6.45) is 18.6. The molecule has 2 nitrogen and oxygen atoms in total. The fraction of sp³-hybridized carbons (Fsp3) is 0.280. The predicted octanol–water partition coefficient (Wildman–Crippen LogP) is 13.8. The Morgan fingerprint density at radius 2 is 1.75 bits per heavy atom. The Morgan fingerprint density at radius 3 is 2.54 bits per heavy atom. The SMILES string of the molecule is C/C=C\CCn1c2ccccc2c2ccc(/C(=C\C)C3=C(CC(C)c4cc5c(cc4/C(CC)=C(\C)c4ccccc4C)CCC=C5)C=C=N3)c(C)c21. The summed E-state index contributed by atoms with van der Waals surface area (Å²) < 4.78 is 2.52. The van der Waals surface area contributed by atoms with Gasteiger partial charge in [-0.1, -0.05) is 111 Å². The van der Waals surface area contributed by atoms with E-state index in [2.05, 4.69) is 168 Å². The molecule has 1 atom stereocenters. The normalized spacial score (nSPS) is 15.4. The van der Waals surface area contributed by atoms with E-state index in [0.29, 0.717) is 0 Å². The van der Waals surface area contributed by atoms with Gasteiger partial charge in [0.1, 0.15) is 0 Å². The van der Waals surface area contributed by atoms with Crippen molar-refractivity contribution in [2.75, 3.05) is 0 Å². The third kappa shape index (κ3) is 6.42. The van der Waals surface area contributed by atoms with Gasteiger partial charge in [0, 0.05) is 34.5 Å². The van der Waals surface area contributed by atoms with Gasteiger partial charge in [-0.15, -0.1) is 0 Å². The molecule has 1 unspecified atom stereocenters. The van der Waals surface area contributed by atoms with E-state index in [1.54, 1.807) is 0 Å². The summed E-state index contributed by atoms with van der Waals surface area (Å²) in [5, 5.41) is 2.64. The topological polar surface area (TPSA) is 17.3 Å². The number of nitrogens with zero attached hydrogens (tertiary/aromatic N) is 2. The van der Waals surface area contributed by atoms with Gasteiger partial charge < -0.3 is 4.57 Å². The van der Waals surface area contributed by atoms with Crippen LogP contribution in [0.15, 0.2) is 119 Å². The summed E-state index contributed by atoms with van der Waals surface area (Å²) in [6.45, 7) is 16.8. The zero-order chi connectivity index (χ0) is 36.4. The van der Waals surface area contributed by atoms with Crippen LogP contribution in [0.1, 0.15) is 111 Å².